The first-order chi connectivity index (χ1) is 13.8. The summed E-state index contributed by atoms with van der Waals surface area (Å²) in [6.45, 7) is 4.16. The van der Waals surface area contributed by atoms with E-state index in [1.165, 1.54) is 13.1 Å². The van der Waals surface area contributed by atoms with Crippen LogP contribution >= 0.6 is 12.2 Å². The Balaban J connectivity index is 2.22. The SMILES string of the molecule is CCCOc1ccc(CC(=O)NC(C)c2ccc[nH]2)cc1S(=O)(=O)NC(=S)NC. The van der Waals surface area contributed by atoms with Gasteiger partial charge in [0.25, 0.3) is 10.0 Å². The Morgan fingerprint density at radius 2 is 2.07 bits per heavy atom. The van der Waals surface area contributed by atoms with Crippen LogP contribution in [-0.2, 0) is 21.2 Å². The van der Waals surface area contributed by atoms with Crippen molar-refractivity contribution in [3.8, 4) is 5.75 Å². The zero-order valence-electron chi connectivity index (χ0n) is 16.6. The smallest absolute Gasteiger partial charge is 0.267 e. The van der Waals surface area contributed by atoms with E-state index in [0.717, 1.165) is 12.1 Å². The molecule has 0 bridgehead atoms. The molecule has 0 radical (unpaired) electrons. The molecule has 1 amide bonds. The molecule has 0 spiro atoms. The summed E-state index contributed by atoms with van der Waals surface area (Å²) >= 11 is 4.91. The van der Waals surface area contributed by atoms with E-state index in [9.17, 15) is 13.2 Å². The quantitative estimate of drug-likeness (QED) is 0.446. The van der Waals surface area contributed by atoms with Crippen LogP contribution in [0, 0.1) is 0 Å². The standard InChI is InChI=1S/C19H26N4O4S2/c1-4-10-27-16-8-7-14(11-17(16)29(25,26)23-19(28)20-3)12-18(24)22-13(2)15-6-5-9-21-15/h5-9,11,13,21H,4,10,12H2,1-3H3,(H,22,24)(H2,20,23,28). The van der Waals surface area contributed by atoms with Crippen LogP contribution in [0.25, 0.3) is 0 Å². The number of hydrogen-bond acceptors (Lipinski definition) is 5. The zero-order valence-corrected chi connectivity index (χ0v) is 18.2. The number of sulfonamides is 1. The normalized spacial score (nSPS) is 12.1. The van der Waals surface area contributed by atoms with Gasteiger partial charge < -0.3 is 20.4 Å². The third-order valence-corrected chi connectivity index (χ3v) is 5.85. The molecule has 1 aromatic carbocycles. The lowest BCUT2D eigenvalue weighted by molar-refractivity contribution is -0.121. The van der Waals surface area contributed by atoms with Crippen molar-refractivity contribution in [2.24, 2.45) is 0 Å². The van der Waals surface area contributed by atoms with Gasteiger partial charge in [0.15, 0.2) is 5.11 Å². The molecule has 29 heavy (non-hydrogen) atoms. The number of thiocarbonyl (C=S) groups is 1. The highest BCUT2D eigenvalue weighted by atomic mass is 32.2. The van der Waals surface area contributed by atoms with Crippen molar-refractivity contribution in [2.45, 2.75) is 37.6 Å². The lowest BCUT2D eigenvalue weighted by Gasteiger charge is -2.16. The van der Waals surface area contributed by atoms with Gasteiger partial charge in [0.1, 0.15) is 10.6 Å². The van der Waals surface area contributed by atoms with Crippen LogP contribution in [0.15, 0.2) is 41.4 Å². The van der Waals surface area contributed by atoms with E-state index in [1.54, 1.807) is 18.3 Å². The second kappa shape index (κ2) is 10.3. The predicted octanol–water partition coefficient (Wildman–Crippen LogP) is 2.01. The summed E-state index contributed by atoms with van der Waals surface area (Å²) in [7, 11) is -2.45. The summed E-state index contributed by atoms with van der Waals surface area (Å²) in [5.41, 5.74) is 1.43. The van der Waals surface area contributed by atoms with E-state index in [0.29, 0.717) is 12.2 Å². The van der Waals surface area contributed by atoms with Crippen molar-refractivity contribution in [2.75, 3.05) is 13.7 Å². The first-order valence-corrected chi connectivity index (χ1v) is 11.1. The number of carbonyl (C=O) groups excluding carboxylic acids is 1. The van der Waals surface area contributed by atoms with Crippen molar-refractivity contribution < 1.29 is 17.9 Å². The number of amides is 1. The fraction of sp³-hybridized carbons (Fsp3) is 0.368. The summed E-state index contributed by atoms with van der Waals surface area (Å²) in [6, 6.07) is 8.22. The number of rotatable bonds is 9. The van der Waals surface area contributed by atoms with E-state index >= 15 is 0 Å². The topological polar surface area (TPSA) is 112 Å². The number of carbonyl (C=O) groups is 1. The van der Waals surface area contributed by atoms with Crippen molar-refractivity contribution in [1.82, 2.24) is 20.3 Å². The molecule has 1 heterocycles. The number of aromatic nitrogens is 1. The average molecular weight is 439 g/mol. The van der Waals surface area contributed by atoms with Gasteiger partial charge in [0, 0.05) is 18.9 Å². The number of benzene rings is 1. The van der Waals surface area contributed by atoms with Crippen LogP contribution in [0.4, 0.5) is 0 Å². The summed E-state index contributed by atoms with van der Waals surface area (Å²) < 4.78 is 33.3. The maximum absolute atomic E-state index is 12.7. The first-order valence-electron chi connectivity index (χ1n) is 9.19. The van der Waals surface area contributed by atoms with Crippen LogP contribution in [0.1, 0.15) is 37.6 Å². The molecule has 0 aliphatic heterocycles. The second-order valence-electron chi connectivity index (χ2n) is 6.41. The molecular formula is C19H26N4O4S2. The molecule has 1 unspecified atom stereocenters. The molecule has 0 aliphatic rings. The number of nitrogens with one attached hydrogen (secondary N) is 4. The Bertz CT molecular complexity index is 943. The Hall–Kier alpha value is -2.59. The molecule has 158 valence electrons. The maximum atomic E-state index is 12.7. The zero-order chi connectivity index (χ0) is 21.4. The largest absolute Gasteiger partial charge is 0.492 e. The third-order valence-electron chi connectivity index (χ3n) is 4.04. The highest BCUT2D eigenvalue weighted by molar-refractivity contribution is 7.92. The lowest BCUT2D eigenvalue weighted by atomic mass is 10.1. The number of H-pyrrole nitrogens is 1. The summed E-state index contributed by atoms with van der Waals surface area (Å²) in [6.07, 6.45) is 2.54. The Labute approximate surface area is 176 Å². The van der Waals surface area contributed by atoms with Crippen molar-refractivity contribution >= 4 is 33.3 Å². The van der Waals surface area contributed by atoms with E-state index in [2.05, 4.69) is 20.3 Å². The lowest BCUT2D eigenvalue weighted by Crippen LogP contribution is -2.37. The molecule has 8 nitrogen and oxygen atoms in total. The van der Waals surface area contributed by atoms with Crippen molar-refractivity contribution in [3.63, 3.8) is 0 Å². The van der Waals surface area contributed by atoms with E-state index in [1.807, 2.05) is 26.0 Å². The van der Waals surface area contributed by atoms with Crippen LogP contribution in [0.2, 0.25) is 0 Å². The molecule has 10 heteroatoms. The maximum Gasteiger partial charge on any atom is 0.267 e. The van der Waals surface area contributed by atoms with Crippen LogP contribution in [-0.4, -0.2) is 38.1 Å². The van der Waals surface area contributed by atoms with Gasteiger partial charge in [-0.2, -0.15) is 0 Å². The van der Waals surface area contributed by atoms with Gasteiger partial charge in [-0.05, 0) is 55.4 Å². The minimum absolute atomic E-state index is 0.0259. The third kappa shape index (κ3) is 6.47. The summed E-state index contributed by atoms with van der Waals surface area (Å²) in [5, 5.41) is 5.42. The van der Waals surface area contributed by atoms with Crippen LogP contribution in [0.5, 0.6) is 5.75 Å². The minimum Gasteiger partial charge on any atom is -0.492 e. The Morgan fingerprint density at radius 3 is 2.69 bits per heavy atom. The fourth-order valence-corrected chi connectivity index (χ4v) is 4.08. The molecule has 2 aromatic rings. The van der Waals surface area contributed by atoms with Crippen molar-refractivity contribution in [3.05, 3.63) is 47.8 Å². The van der Waals surface area contributed by atoms with Gasteiger partial charge in [-0.15, -0.1) is 0 Å². The number of hydrogen-bond donors (Lipinski definition) is 4. The molecule has 0 aliphatic carbocycles. The molecule has 1 atom stereocenters. The predicted molar refractivity (Wildman–Crippen MR) is 115 cm³/mol. The van der Waals surface area contributed by atoms with E-state index < -0.39 is 10.0 Å². The Morgan fingerprint density at radius 1 is 1.31 bits per heavy atom. The molecule has 4 N–H and O–H groups in total. The summed E-state index contributed by atoms with van der Waals surface area (Å²) in [5.74, 6) is -0.0152. The molecular weight excluding hydrogens is 412 g/mol. The fourth-order valence-electron chi connectivity index (χ4n) is 2.60. The van der Waals surface area contributed by atoms with Gasteiger partial charge in [-0.25, -0.2) is 8.42 Å². The van der Waals surface area contributed by atoms with Crippen LogP contribution in [0.3, 0.4) is 0 Å². The minimum atomic E-state index is -3.96. The molecule has 2 rings (SSSR count). The first kappa shape index (κ1) is 22.7. The number of ether oxygens (including phenoxy) is 1. The molecule has 0 fully saturated rings. The van der Waals surface area contributed by atoms with E-state index in [-0.39, 0.29) is 34.1 Å². The molecule has 0 saturated heterocycles. The van der Waals surface area contributed by atoms with Gasteiger partial charge in [0.2, 0.25) is 5.91 Å². The van der Waals surface area contributed by atoms with Gasteiger partial charge in [0.05, 0.1) is 19.1 Å². The summed E-state index contributed by atoms with van der Waals surface area (Å²) in [4.78, 5) is 15.4. The molecule has 0 saturated carbocycles. The molecule has 1 aromatic heterocycles. The van der Waals surface area contributed by atoms with Gasteiger partial charge >= 0.3 is 0 Å². The highest BCUT2D eigenvalue weighted by Crippen LogP contribution is 2.26. The Kier molecular flexibility index (Phi) is 8.03. The van der Waals surface area contributed by atoms with Crippen LogP contribution < -0.4 is 20.1 Å². The van der Waals surface area contributed by atoms with E-state index in [4.69, 9.17) is 17.0 Å². The number of aromatic amines is 1. The highest BCUT2D eigenvalue weighted by Gasteiger charge is 2.22. The monoisotopic (exact) mass is 438 g/mol. The average Bonchev–Trinajstić information content (AvgIpc) is 3.21. The van der Waals surface area contributed by atoms with Gasteiger partial charge in [-0.3, -0.25) is 9.52 Å². The van der Waals surface area contributed by atoms with Crippen molar-refractivity contribution in [1.29, 1.82) is 0 Å². The van der Waals surface area contributed by atoms with Gasteiger partial charge in [-0.1, -0.05) is 13.0 Å². The second-order valence-corrected chi connectivity index (χ2v) is 8.46.